The average molecular weight is 328 g/mol. The summed E-state index contributed by atoms with van der Waals surface area (Å²) in [5.41, 5.74) is 0. The van der Waals surface area contributed by atoms with Gasteiger partial charge >= 0.3 is 107 Å². The minimum absolute atomic E-state index is 0.602. The number of hydrogen-bond donors (Lipinski definition) is 0. The van der Waals surface area contributed by atoms with Gasteiger partial charge in [0.2, 0.25) is 0 Å². The Morgan fingerprint density at radius 1 is 0.750 bits per heavy atom. The predicted octanol–water partition coefficient (Wildman–Crippen LogP) is 2.75. The van der Waals surface area contributed by atoms with Gasteiger partial charge in [-0.15, -0.1) is 0 Å². The van der Waals surface area contributed by atoms with Crippen molar-refractivity contribution in [1.29, 1.82) is 0 Å². The molecule has 16 heavy (non-hydrogen) atoms. The van der Waals surface area contributed by atoms with Crippen LogP contribution in [0.15, 0.2) is 30.3 Å². The van der Waals surface area contributed by atoms with Gasteiger partial charge in [-0.25, -0.2) is 0 Å². The Morgan fingerprint density at radius 2 is 1.00 bits per heavy atom. The maximum atomic E-state index is 5.46. The molecule has 4 heteroatoms. The number of rotatable bonds is 9. The van der Waals surface area contributed by atoms with E-state index in [1.54, 1.807) is 0 Å². The Labute approximate surface area is 106 Å². The van der Waals surface area contributed by atoms with Gasteiger partial charge < -0.3 is 0 Å². The van der Waals surface area contributed by atoms with Crippen LogP contribution in [0.1, 0.15) is 20.8 Å². The summed E-state index contributed by atoms with van der Waals surface area (Å²) in [5, 5.41) is 0. The summed E-state index contributed by atoms with van der Waals surface area (Å²) in [7, 11) is 0. The first kappa shape index (κ1) is 15.5. The van der Waals surface area contributed by atoms with Gasteiger partial charge in [0.05, 0.1) is 0 Å². The van der Waals surface area contributed by atoms with E-state index in [4.69, 9.17) is 14.2 Å². The molecule has 0 aliphatic rings. The fraction of sp³-hybridized carbons (Fsp3) is 0.500. The quantitative estimate of drug-likeness (QED) is 0.609. The molecule has 0 atom stereocenters. The number of hydrogen-bond acceptors (Lipinski definition) is 3. The van der Waals surface area contributed by atoms with E-state index in [9.17, 15) is 0 Å². The normalized spacial score (nSPS) is 9.19. The molecule has 0 radical (unpaired) electrons. The van der Waals surface area contributed by atoms with Crippen LogP contribution in [0.4, 0.5) is 0 Å². The Bertz CT molecular complexity index is 218. The zero-order valence-corrected chi connectivity index (χ0v) is 13.8. The van der Waals surface area contributed by atoms with E-state index in [2.05, 4.69) is 19.7 Å². The molecule has 0 saturated carbocycles. The summed E-state index contributed by atoms with van der Waals surface area (Å²) in [6.45, 7) is 19.4. The minimum atomic E-state index is -2.59. The molecular weight excluding hydrogens is 307 g/mol. The van der Waals surface area contributed by atoms with E-state index in [1.807, 2.05) is 20.8 Å². The molecule has 0 saturated heterocycles. The first-order valence-electron chi connectivity index (χ1n) is 5.53. The predicted molar refractivity (Wildman–Crippen MR) is 68.1 cm³/mol. The second-order valence-electron chi connectivity index (χ2n) is 3.13. The van der Waals surface area contributed by atoms with Gasteiger partial charge in [0, 0.05) is 0 Å². The van der Waals surface area contributed by atoms with Crippen molar-refractivity contribution in [3.63, 3.8) is 0 Å². The third-order valence-corrected chi connectivity index (χ3v) is 8.90. The van der Waals surface area contributed by atoms with Crippen LogP contribution in [0, 0.1) is 0 Å². The van der Waals surface area contributed by atoms with E-state index in [1.165, 1.54) is 0 Å². The second-order valence-corrected chi connectivity index (χ2v) is 11.1. The molecule has 0 unspecified atom stereocenters. The topological polar surface area (TPSA) is 27.7 Å². The fourth-order valence-corrected chi connectivity index (χ4v) is 7.27. The molecule has 0 aromatic carbocycles. The summed E-state index contributed by atoms with van der Waals surface area (Å²) in [5.74, 6) is 0. The standard InChI is InChI=1S/3C4H7O.In/c3*1-3-5-4-2;/h3*1,4H2,2H3;. The molecule has 0 aromatic heterocycles. The maximum absolute atomic E-state index is 5.46. The summed E-state index contributed by atoms with van der Waals surface area (Å²) in [4.78, 5) is 0. The molecule has 0 spiro atoms. The van der Waals surface area contributed by atoms with Gasteiger partial charge in [-0.05, 0) is 0 Å². The van der Waals surface area contributed by atoms with Crippen LogP contribution < -0.4 is 0 Å². The third kappa shape index (κ3) is 5.01. The number of ether oxygens (including phenoxy) is 3. The van der Waals surface area contributed by atoms with Crippen molar-refractivity contribution in [3.05, 3.63) is 30.3 Å². The fourth-order valence-electron chi connectivity index (χ4n) is 1.34. The van der Waals surface area contributed by atoms with Crippen LogP contribution in [-0.4, -0.2) is 41.3 Å². The van der Waals surface area contributed by atoms with Crippen molar-refractivity contribution in [3.8, 4) is 0 Å². The molecule has 0 bridgehead atoms. The van der Waals surface area contributed by atoms with Gasteiger partial charge in [-0.1, -0.05) is 0 Å². The molecule has 0 rings (SSSR count). The average Bonchev–Trinajstić information content (AvgIpc) is 2.19. The third-order valence-electron chi connectivity index (χ3n) is 1.96. The molecule has 0 heterocycles. The Kier molecular flexibility index (Phi) is 8.35. The van der Waals surface area contributed by atoms with Gasteiger partial charge in [-0.2, -0.15) is 0 Å². The molecule has 0 fully saturated rings. The van der Waals surface area contributed by atoms with Crippen molar-refractivity contribution in [1.82, 2.24) is 0 Å². The molecule has 3 nitrogen and oxygen atoms in total. The van der Waals surface area contributed by atoms with Crippen molar-refractivity contribution in [2.75, 3.05) is 19.8 Å². The van der Waals surface area contributed by atoms with Crippen molar-refractivity contribution in [2.45, 2.75) is 20.8 Å². The van der Waals surface area contributed by atoms with Crippen LogP contribution in [0.25, 0.3) is 0 Å². The molecule has 0 aliphatic carbocycles. The van der Waals surface area contributed by atoms with Crippen molar-refractivity contribution >= 4 is 21.4 Å². The second kappa shape index (κ2) is 8.62. The molecule has 0 amide bonds. The van der Waals surface area contributed by atoms with E-state index >= 15 is 0 Å². The van der Waals surface area contributed by atoms with Gasteiger partial charge in [0.15, 0.2) is 0 Å². The molecule has 0 aliphatic heterocycles. The first-order valence-corrected chi connectivity index (χ1v) is 10.5. The van der Waals surface area contributed by atoms with Crippen LogP contribution in [0.5, 0.6) is 0 Å². The Hall–Kier alpha value is -0.510. The van der Waals surface area contributed by atoms with Crippen LogP contribution in [0.2, 0.25) is 0 Å². The summed E-state index contributed by atoms with van der Waals surface area (Å²) in [6, 6.07) is 0. The van der Waals surface area contributed by atoms with E-state index < -0.39 is 21.4 Å². The van der Waals surface area contributed by atoms with Crippen LogP contribution in [-0.2, 0) is 14.2 Å². The summed E-state index contributed by atoms with van der Waals surface area (Å²) >= 11 is -2.59. The molecular formula is C12H21InO3. The molecule has 0 aromatic rings. The van der Waals surface area contributed by atoms with Gasteiger partial charge in [0.25, 0.3) is 0 Å². The van der Waals surface area contributed by atoms with Crippen LogP contribution >= 0.6 is 0 Å². The molecule has 0 N–H and O–H groups in total. The zero-order valence-electron chi connectivity index (χ0n) is 10.5. The van der Waals surface area contributed by atoms with Gasteiger partial charge in [-0.3, -0.25) is 0 Å². The van der Waals surface area contributed by atoms with E-state index in [0.717, 1.165) is 10.5 Å². The first-order chi connectivity index (χ1) is 7.58. The Balaban J connectivity index is 4.68. The monoisotopic (exact) mass is 328 g/mol. The van der Waals surface area contributed by atoms with Crippen molar-refractivity contribution < 1.29 is 14.2 Å². The van der Waals surface area contributed by atoms with Crippen LogP contribution in [0.3, 0.4) is 0 Å². The SMILES string of the molecule is C=[C](OCC)[In]([C](=C)OCC)[C](=C)OCC. The Morgan fingerprint density at radius 3 is 1.19 bits per heavy atom. The van der Waals surface area contributed by atoms with Crippen molar-refractivity contribution in [2.24, 2.45) is 0 Å². The summed E-state index contributed by atoms with van der Waals surface area (Å²) in [6.07, 6.45) is 0. The van der Waals surface area contributed by atoms with E-state index in [-0.39, 0.29) is 0 Å². The summed E-state index contributed by atoms with van der Waals surface area (Å²) < 4.78 is 18.7. The zero-order chi connectivity index (χ0) is 12.6. The van der Waals surface area contributed by atoms with E-state index in [0.29, 0.717) is 19.8 Å². The van der Waals surface area contributed by atoms with Gasteiger partial charge in [0.1, 0.15) is 0 Å². The molecule has 90 valence electrons.